The van der Waals surface area contributed by atoms with Gasteiger partial charge in [0.15, 0.2) is 0 Å². The third-order valence-corrected chi connectivity index (χ3v) is 3.36. The van der Waals surface area contributed by atoms with E-state index < -0.39 is 0 Å². The zero-order chi connectivity index (χ0) is 12.1. The van der Waals surface area contributed by atoms with Crippen molar-refractivity contribution in [2.75, 3.05) is 19.6 Å². The van der Waals surface area contributed by atoms with E-state index in [-0.39, 0.29) is 0 Å². The molecule has 0 saturated carbocycles. The van der Waals surface area contributed by atoms with Crippen LogP contribution in [-0.2, 0) is 13.0 Å². The Labute approximate surface area is 103 Å². The van der Waals surface area contributed by atoms with Crippen molar-refractivity contribution in [3.8, 4) is 0 Å². The van der Waals surface area contributed by atoms with Gasteiger partial charge in [0.1, 0.15) is 5.76 Å². The molecule has 1 unspecified atom stereocenters. The second-order valence-electron chi connectivity index (χ2n) is 4.72. The monoisotopic (exact) mass is 237 g/mol. The second kappa shape index (κ2) is 6.17. The molecule has 1 aliphatic rings. The molecule has 1 atom stereocenters. The molecule has 1 saturated heterocycles. The highest BCUT2D eigenvalue weighted by Gasteiger charge is 2.17. The summed E-state index contributed by atoms with van der Waals surface area (Å²) in [4.78, 5) is 6.78. The van der Waals surface area contributed by atoms with Crippen LogP contribution in [-0.4, -0.2) is 35.6 Å². The summed E-state index contributed by atoms with van der Waals surface area (Å²) in [5.74, 6) is 1.85. The predicted octanol–water partition coefficient (Wildman–Crippen LogP) is 1.81. The number of rotatable bonds is 4. The SMILES string of the molecule is CCc1cnc(CN2CCCNC(CC)C2)o1. The van der Waals surface area contributed by atoms with Crippen molar-refractivity contribution < 1.29 is 4.42 Å². The van der Waals surface area contributed by atoms with Crippen LogP contribution in [0.2, 0.25) is 0 Å². The highest BCUT2D eigenvalue weighted by atomic mass is 16.4. The molecule has 0 radical (unpaired) electrons. The van der Waals surface area contributed by atoms with Gasteiger partial charge in [0.2, 0.25) is 5.89 Å². The summed E-state index contributed by atoms with van der Waals surface area (Å²) < 4.78 is 5.67. The fourth-order valence-electron chi connectivity index (χ4n) is 2.27. The van der Waals surface area contributed by atoms with Gasteiger partial charge in [0.25, 0.3) is 0 Å². The van der Waals surface area contributed by atoms with Crippen LogP contribution in [0.5, 0.6) is 0 Å². The Balaban J connectivity index is 1.92. The first-order valence-electron chi connectivity index (χ1n) is 6.71. The Kier molecular flexibility index (Phi) is 4.57. The number of aryl methyl sites for hydroxylation is 1. The lowest BCUT2D eigenvalue weighted by atomic mass is 10.2. The Morgan fingerprint density at radius 2 is 2.41 bits per heavy atom. The molecule has 4 heteroatoms. The summed E-state index contributed by atoms with van der Waals surface area (Å²) in [7, 11) is 0. The molecule has 96 valence electrons. The molecular weight excluding hydrogens is 214 g/mol. The Hall–Kier alpha value is -0.870. The largest absolute Gasteiger partial charge is 0.444 e. The summed E-state index contributed by atoms with van der Waals surface area (Å²) in [5, 5.41) is 3.57. The maximum absolute atomic E-state index is 5.67. The van der Waals surface area contributed by atoms with Crippen molar-refractivity contribution in [1.82, 2.24) is 15.2 Å². The van der Waals surface area contributed by atoms with E-state index in [1.807, 2.05) is 6.20 Å². The summed E-state index contributed by atoms with van der Waals surface area (Å²) >= 11 is 0. The predicted molar refractivity (Wildman–Crippen MR) is 67.9 cm³/mol. The third-order valence-electron chi connectivity index (χ3n) is 3.36. The molecule has 17 heavy (non-hydrogen) atoms. The molecule has 1 aromatic heterocycles. The minimum Gasteiger partial charge on any atom is -0.444 e. The number of aromatic nitrogens is 1. The van der Waals surface area contributed by atoms with E-state index in [1.165, 1.54) is 12.8 Å². The summed E-state index contributed by atoms with van der Waals surface area (Å²) in [6.45, 7) is 8.53. The molecule has 0 aliphatic carbocycles. The lowest BCUT2D eigenvalue weighted by Crippen LogP contribution is -2.36. The maximum atomic E-state index is 5.67. The van der Waals surface area contributed by atoms with Crippen molar-refractivity contribution >= 4 is 0 Å². The van der Waals surface area contributed by atoms with Crippen LogP contribution in [0, 0.1) is 0 Å². The number of nitrogens with zero attached hydrogens (tertiary/aromatic N) is 2. The van der Waals surface area contributed by atoms with Crippen molar-refractivity contribution in [3.63, 3.8) is 0 Å². The van der Waals surface area contributed by atoms with E-state index >= 15 is 0 Å². The van der Waals surface area contributed by atoms with Gasteiger partial charge < -0.3 is 9.73 Å². The molecule has 4 nitrogen and oxygen atoms in total. The van der Waals surface area contributed by atoms with Crippen LogP contribution < -0.4 is 5.32 Å². The molecule has 0 amide bonds. The van der Waals surface area contributed by atoms with Gasteiger partial charge in [0, 0.05) is 19.0 Å². The molecule has 0 bridgehead atoms. The number of hydrogen-bond donors (Lipinski definition) is 1. The van der Waals surface area contributed by atoms with Gasteiger partial charge in [-0.15, -0.1) is 0 Å². The average Bonchev–Trinajstić information content (AvgIpc) is 2.67. The van der Waals surface area contributed by atoms with Gasteiger partial charge in [0.05, 0.1) is 12.7 Å². The molecule has 1 aromatic rings. The zero-order valence-corrected chi connectivity index (χ0v) is 10.9. The van der Waals surface area contributed by atoms with Gasteiger partial charge in [-0.3, -0.25) is 4.90 Å². The molecule has 2 heterocycles. The minimum atomic E-state index is 0.609. The zero-order valence-electron chi connectivity index (χ0n) is 10.9. The molecule has 1 aliphatic heterocycles. The molecule has 1 fully saturated rings. The van der Waals surface area contributed by atoms with Crippen LogP contribution in [0.4, 0.5) is 0 Å². The van der Waals surface area contributed by atoms with Crippen molar-refractivity contribution in [2.24, 2.45) is 0 Å². The normalized spacial score (nSPS) is 22.6. The van der Waals surface area contributed by atoms with Gasteiger partial charge >= 0.3 is 0 Å². The molecular formula is C13H23N3O. The molecule has 0 spiro atoms. The fraction of sp³-hybridized carbons (Fsp3) is 0.769. The Morgan fingerprint density at radius 1 is 1.53 bits per heavy atom. The number of nitrogens with one attached hydrogen (secondary N) is 1. The van der Waals surface area contributed by atoms with Crippen LogP contribution in [0.1, 0.15) is 38.3 Å². The van der Waals surface area contributed by atoms with Crippen LogP contribution >= 0.6 is 0 Å². The summed E-state index contributed by atoms with van der Waals surface area (Å²) in [5.41, 5.74) is 0. The summed E-state index contributed by atoms with van der Waals surface area (Å²) in [6, 6.07) is 0.609. The first-order valence-corrected chi connectivity index (χ1v) is 6.71. The first kappa shape index (κ1) is 12.6. The number of hydrogen-bond acceptors (Lipinski definition) is 4. The lowest BCUT2D eigenvalue weighted by Gasteiger charge is -2.22. The topological polar surface area (TPSA) is 41.3 Å². The third kappa shape index (κ3) is 3.54. The standard InChI is InChI=1S/C13H23N3O/c1-3-11-9-16(7-5-6-14-11)10-13-15-8-12(4-2)17-13/h8,11,14H,3-7,9-10H2,1-2H3. The van der Waals surface area contributed by atoms with E-state index in [9.17, 15) is 0 Å². The van der Waals surface area contributed by atoms with Crippen LogP contribution in [0.15, 0.2) is 10.6 Å². The molecule has 2 rings (SSSR count). The van der Waals surface area contributed by atoms with Gasteiger partial charge in [-0.25, -0.2) is 4.98 Å². The number of oxazole rings is 1. The maximum Gasteiger partial charge on any atom is 0.208 e. The van der Waals surface area contributed by atoms with E-state index in [2.05, 4.69) is 29.0 Å². The average molecular weight is 237 g/mol. The van der Waals surface area contributed by atoms with Crippen molar-refractivity contribution in [1.29, 1.82) is 0 Å². The molecule has 0 aromatic carbocycles. The van der Waals surface area contributed by atoms with E-state index in [0.29, 0.717) is 6.04 Å². The van der Waals surface area contributed by atoms with E-state index in [4.69, 9.17) is 4.42 Å². The highest BCUT2D eigenvalue weighted by molar-refractivity contribution is 4.94. The van der Waals surface area contributed by atoms with Crippen molar-refractivity contribution in [3.05, 3.63) is 17.8 Å². The van der Waals surface area contributed by atoms with Crippen LogP contribution in [0.3, 0.4) is 0 Å². The smallest absolute Gasteiger partial charge is 0.208 e. The Bertz CT molecular complexity index is 337. The minimum absolute atomic E-state index is 0.609. The Morgan fingerprint density at radius 3 is 3.12 bits per heavy atom. The quantitative estimate of drug-likeness (QED) is 0.867. The van der Waals surface area contributed by atoms with Gasteiger partial charge in [-0.05, 0) is 25.9 Å². The van der Waals surface area contributed by atoms with Crippen molar-refractivity contribution in [2.45, 2.75) is 45.7 Å². The lowest BCUT2D eigenvalue weighted by molar-refractivity contribution is 0.231. The van der Waals surface area contributed by atoms with E-state index in [0.717, 1.165) is 44.3 Å². The van der Waals surface area contributed by atoms with E-state index in [1.54, 1.807) is 0 Å². The van der Waals surface area contributed by atoms with Crippen LogP contribution in [0.25, 0.3) is 0 Å². The highest BCUT2D eigenvalue weighted by Crippen LogP contribution is 2.10. The fourth-order valence-corrected chi connectivity index (χ4v) is 2.27. The van der Waals surface area contributed by atoms with Gasteiger partial charge in [-0.2, -0.15) is 0 Å². The first-order chi connectivity index (χ1) is 8.31. The summed E-state index contributed by atoms with van der Waals surface area (Å²) in [6.07, 6.45) is 5.16. The second-order valence-corrected chi connectivity index (χ2v) is 4.72. The molecule has 1 N–H and O–H groups in total. The van der Waals surface area contributed by atoms with Gasteiger partial charge in [-0.1, -0.05) is 13.8 Å².